The highest BCUT2D eigenvalue weighted by Crippen LogP contribution is 2.30. The Morgan fingerprint density at radius 3 is 2.88 bits per heavy atom. The summed E-state index contributed by atoms with van der Waals surface area (Å²) in [6.07, 6.45) is 1.97. The van der Waals surface area contributed by atoms with Crippen LogP contribution in [0.4, 0.5) is 11.4 Å². The molecule has 1 aromatic carbocycles. The molecule has 0 fully saturated rings. The van der Waals surface area contributed by atoms with Gasteiger partial charge in [0.1, 0.15) is 5.75 Å². The lowest BCUT2D eigenvalue weighted by atomic mass is 10.1. The van der Waals surface area contributed by atoms with Crippen LogP contribution in [0.5, 0.6) is 5.75 Å². The fraction of sp³-hybridized carbons (Fsp3) is 0.188. The summed E-state index contributed by atoms with van der Waals surface area (Å²) in [5.74, 6) is -0.242. The largest absolute Gasteiger partial charge is 0.482 e. The molecule has 0 radical (unpaired) electrons. The minimum atomic E-state index is -3.94. The van der Waals surface area contributed by atoms with Gasteiger partial charge in [0.15, 0.2) is 6.61 Å². The molecule has 3 N–H and O–H groups in total. The Balaban J connectivity index is 1.64. The van der Waals surface area contributed by atoms with Crippen molar-refractivity contribution in [3.05, 3.63) is 41.7 Å². The van der Waals surface area contributed by atoms with Crippen LogP contribution in [-0.2, 0) is 21.2 Å². The monoisotopic (exact) mass is 374 g/mol. The summed E-state index contributed by atoms with van der Waals surface area (Å²) in [5, 5.41) is 5.25. The molecule has 10 heteroatoms. The molecule has 9 nitrogen and oxygen atoms in total. The van der Waals surface area contributed by atoms with Gasteiger partial charge in [-0.3, -0.25) is 19.3 Å². The van der Waals surface area contributed by atoms with E-state index in [1.165, 1.54) is 30.5 Å². The van der Waals surface area contributed by atoms with Crippen LogP contribution < -0.4 is 20.1 Å². The molecular weight excluding hydrogens is 360 g/mol. The molecule has 4 rings (SSSR count). The summed E-state index contributed by atoms with van der Waals surface area (Å²) >= 11 is 0. The normalized spacial score (nSPS) is 15.8. The number of nitrogens with one attached hydrogen (secondary N) is 3. The molecule has 0 aliphatic carbocycles. The molecule has 0 spiro atoms. The molecule has 0 unspecified atom stereocenters. The highest BCUT2D eigenvalue weighted by atomic mass is 32.2. The zero-order valence-corrected chi connectivity index (χ0v) is 14.2. The van der Waals surface area contributed by atoms with Crippen LogP contribution in [-0.4, -0.2) is 38.4 Å². The molecule has 26 heavy (non-hydrogen) atoms. The van der Waals surface area contributed by atoms with Gasteiger partial charge in [-0.15, -0.1) is 0 Å². The van der Waals surface area contributed by atoms with E-state index in [0.29, 0.717) is 30.0 Å². The molecule has 2 aromatic rings. The molecule has 0 bridgehead atoms. The number of fused-ring (bicyclic) bond motifs is 2. The SMILES string of the molecule is O=C1COc2ccc(S(=O)(=O)Nc3cnc4c(c3)C(=O)NCC4)cc2N1. The maximum absolute atomic E-state index is 12.6. The highest BCUT2D eigenvalue weighted by Gasteiger charge is 2.23. The van der Waals surface area contributed by atoms with E-state index < -0.39 is 10.0 Å². The minimum absolute atomic E-state index is 0.0516. The Bertz CT molecular complexity index is 1030. The molecular formula is C16H14N4O5S. The summed E-state index contributed by atoms with van der Waals surface area (Å²) < 4.78 is 32.9. The number of ether oxygens (including phenoxy) is 1. The van der Waals surface area contributed by atoms with E-state index >= 15 is 0 Å². The molecule has 2 amide bonds. The van der Waals surface area contributed by atoms with Crippen molar-refractivity contribution >= 4 is 33.2 Å². The standard InChI is InChI=1S/C16H14N4O5S/c21-15-8-25-14-2-1-10(6-13(14)19-15)26(23,24)20-9-5-11-12(18-7-9)3-4-17-16(11)22/h1-2,5-7,20H,3-4,8H2,(H,17,22)(H,19,21). The second kappa shape index (κ2) is 5.99. The van der Waals surface area contributed by atoms with Crippen molar-refractivity contribution in [2.45, 2.75) is 11.3 Å². The van der Waals surface area contributed by atoms with Crippen molar-refractivity contribution in [1.29, 1.82) is 0 Å². The second-order valence-electron chi connectivity index (χ2n) is 5.82. The van der Waals surface area contributed by atoms with Crippen LogP contribution in [0, 0.1) is 0 Å². The predicted octanol–water partition coefficient (Wildman–Crippen LogP) is 0.499. The van der Waals surface area contributed by atoms with Crippen LogP contribution in [0.15, 0.2) is 35.4 Å². The fourth-order valence-corrected chi connectivity index (χ4v) is 3.84. The number of aromatic nitrogens is 1. The Labute approximate surface area is 148 Å². The zero-order chi connectivity index (χ0) is 18.3. The van der Waals surface area contributed by atoms with Crippen molar-refractivity contribution in [3.63, 3.8) is 0 Å². The average molecular weight is 374 g/mol. The molecule has 3 heterocycles. The molecule has 1 aromatic heterocycles. The molecule has 0 saturated heterocycles. The number of sulfonamides is 1. The Morgan fingerprint density at radius 2 is 2.04 bits per heavy atom. The molecule has 134 valence electrons. The number of pyridine rings is 1. The van der Waals surface area contributed by atoms with Crippen LogP contribution in [0.2, 0.25) is 0 Å². The first kappa shape index (κ1) is 16.3. The van der Waals surface area contributed by atoms with E-state index in [1.807, 2.05) is 0 Å². The molecule has 2 aliphatic rings. The predicted molar refractivity (Wildman–Crippen MR) is 91.6 cm³/mol. The lowest BCUT2D eigenvalue weighted by Gasteiger charge is -2.19. The first-order chi connectivity index (χ1) is 12.4. The summed E-state index contributed by atoms with van der Waals surface area (Å²) in [4.78, 5) is 27.4. The number of carbonyl (C=O) groups is 2. The van der Waals surface area contributed by atoms with Gasteiger partial charge in [0, 0.05) is 13.0 Å². The second-order valence-corrected chi connectivity index (χ2v) is 7.51. The maximum Gasteiger partial charge on any atom is 0.262 e. The minimum Gasteiger partial charge on any atom is -0.482 e. The van der Waals surface area contributed by atoms with Gasteiger partial charge in [-0.25, -0.2) is 8.42 Å². The Hall–Kier alpha value is -3.14. The Morgan fingerprint density at radius 1 is 1.19 bits per heavy atom. The lowest BCUT2D eigenvalue weighted by molar-refractivity contribution is -0.118. The third-order valence-corrected chi connectivity index (χ3v) is 5.39. The third kappa shape index (κ3) is 2.94. The van der Waals surface area contributed by atoms with E-state index in [1.54, 1.807) is 0 Å². The topological polar surface area (TPSA) is 126 Å². The van der Waals surface area contributed by atoms with Gasteiger partial charge in [-0.05, 0) is 24.3 Å². The molecule has 2 aliphatic heterocycles. The fourth-order valence-electron chi connectivity index (χ4n) is 2.78. The number of carbonyl (C=O) groups excluding carboxylic acids is 2. The van der Waals surface area contributed by atoms with Crippen molar-refractivity contribution in [2.75, 3.05) is 23.2 Å². The van der Waals surface area contributed by atoms with E-state index in [9.17, 15) is 18.0 Å². The van der Waals surface area contributed by atoms with E-state index in [0.717, 1.165) is 0 Å². The zero-order valence-electron chi connectivity index (χ0n) is 13.4. The number of rotatable bonds is 3. The van der Waals surface area contributed by atoms with Crippen LogP contribution in [0.3, 0.4) is 0 Å². The van der Waals surface area contributed by atoms with Crippen molar-refractivity contribution in [1.82, 2.24) is 10.3 Å². The van der Waals surface area contributed by atoms with Crippen LogP contribution >= 0.6 is 0 Å². The highest BCUT2D eigenvalue weighted by molar-refractivity contribution is 7.92. The van der Waals surface area contributed by atoms with Gasteiger partial charge in [-0.1, -0.05) is 0 Å². The number of hydrogen-bond donors (Lipinski definition) is 3. The smallest absolute Gasteiger partial charge is 0.262 e. The van der Waals surface area contributed by atoms with Crippen LogP contribution in [0.25, 0.3) is 0 Å². The number of hydrogen-bond acceptors (Lipinski definition) is 6. The van der Waals surface area contributed by atoms with Gasteiger partial charge in [0.05, 0.1) is 33.7 Å². The average Bonchev–Trinajstić information content (AvgIpc) is 2.61. The maximum atomic E-state index is 12.6. The van der Waals surface area contributed by atoms with Gasteiger partial charge < -0.3 is 15.4 Å². The molecule has 0 atom stereocenters. The van der Waals surface area contributed by atoms with Gasteiger partial charge in [0.2, 0.25) is 0 Å². The van der Waals surface area contributed by atoms with E-state index in [4.69, 9.17) is 4.74 Å². The third-order valence-electron chi connectivity index (χ3n) is 4.01. The van der Waals surface area contributed by atoms with Crippen molar-refractivity contribution in [2.24, 2.45) is 0 Å². The summed E-state index contributed by atoms with van der Waals surface area (Å²) in [6, 6.07) is 5.62. The van der Waals surface area contributed by atoms with E-state index in [2.05, 4.69) is 20.3 Å². The summed E-state index contributed by atoms with van der Waals surface area (Å²) in [6.45, 7) is 0.396. The quantitative estimate of drug-likeness (QED) is 0.718. The van der Waals surface area contributed by atoms with Gasteiger partial charge in [0.25, 0.3) is 21.8 Å². The van der Waals surface area contributed by atoms with Gasteiger partial charge in [-0.2, -0.15) is 0 Å². The summed E-state index contributed by atoms with van der Waals surface area (Å²) in [7, 11) is -3.94. The van der Waals surface area contributed by atoms with Gasteiger partial charge >= 0.3 is 0 Å². The number of benzene rings is 1. The Kier molecular flexibility index (Phi) is 3.76. The van der Waals surface area contributed by atoms with Crippen molar-refractivity contribution in [3.8, 4) is 5.75 Å². The number of anilines is 2. The first-order valence-corrected chi connectivity index (χ1v) is 9.27. The summed E-state index contributed by atoms with van der Waals surface area (Å²) in [5.41, 5.74) is 1.44. The van der Waals surface area contributed by atoms with E-state index in [-0.39, 0.29) is 34.7 Å². The van der Waals surface area contributed by atoms with Crippen LogP contribution in [0.1, 0.15) is 16.1 Å². The van der Waals surface area contributed by atoms with Crippen molar-refractivity contribution < 1.29 is 22.7 Å². The molecule has 0 saturated carbocycles. The lowest BCUT2D eigenvalue weighted by Crippen LogP contribution is -2.32. The number of amides is 2. The number of nitrogens with zero attached hydrogens (tertiary/aromatic N) is 1. The first-order valence-electron chi connectivity index (χ1n) is 7.79.